The van der Waals surface area contributed by atoms with Crippen LogP contribution in [0.15, 0.2) is 54.6 Å². The van der Waals surface area contributed by atoms with E-state index in [2.05, 4.69) is 0 Å². The van der Waals surface area contributed by atoms with Gasteiger partial charge in [-0.2, -0.15) is 13.2 Å². The van der Waals surface area contributed by atoms with Gasteiger partial charge in [0.1, 0.15) is 29.5 Å². The number of ether oxygens (including phenoxy) is 4. The van der Waals surface area contributed by atoms with Gasteiger partial charge in [0, 0.05) is 30.6 Å². The highest BCUT2D eigenvalue weighted by atomic mass is 32.2. The first-order valence-electron chi connectivity index (χ1n) is 14.9. The van der Waals surface area contributed by atoms with Crippen molar-refractivity contribution in [2.45, 2.75) is 56.4 Å². The number of carbonyl (C=O) groups excluding carboxylic acids is 1. The van der Waals surface area contributed by atoms with Gasteiger partial charge in [-0.25, -0.2) is 12.7 Å². The molecule has 12 heteroatoms. The van der Waals surface area contributed by atoms with Crippen LogP contribution < -0.4 is 14.2 Å². The topological polar surface area (TPSA) is 91.4 Å². The summed E-state index contributed by atoms with van der Waals surface area (Å²) < 4.78 is 90.7. The normalized spacial score (nSPS) is 20.3. The lowest BCUT2D eigenvalue weighted by molar-refractivity contribution is -0.141. The Morgan fingerprint density at radius 2 is 1.64 bits per heavy atom. The second-order valence-electron chi connectivity index (χ2n) is 11.7. The third-order valence-corrected chi connectivity index (χ3v) is 10.1. The second-order valence-corrected chi connectivity index (χ2v) is 13.7. The molecule has 2 aliphatic heterocycles. The first kappa shape index (κ1) is 31.2. The summed E-state index contributed by atoms with van der Waals surface area (Å²) in [6, 6.07) is 14.7. The van der Waals surface area contributed by atoms with Crippen molar-refractivity contribution in [2.24, 2.45) is 0 Å². The Kier molecular flexibility index (Phi) is 8.47. The molecule has 3 aliphatic rings. The van der Waals surface area contributed by atoms with E-state index in [0.717, 1.165) is 11.6 Å². The zero-order chi connectivity index (χ0) is 31.9. The number of carbonyl (C=O) groups is 1. The van der Waals surface area contributed by atoms with Crippen LogP contribution in [0, 0.1) is 0 Å². The number of sulfonamides is 1. The van der Waals surface area contributed by atoms with Crippen LogP contribution in [0.5, 0.6) is 17.2 Å². The van der Waals surface area contributed by atoms with Crippen LogP contribution in [0.1, 0.15) is 60.0 Å². The molecule has 2 atom stereocenters. The van der Waals surface area contributed by atoms with Crippen LogP contribution >= 0.6 is 0 Å². The van der Waals surface area contributed by atoms with E-state index in [9.17, 15) is 26.4 Å². The number of piperidine rings is 1. The number of fused-ring (bicyclic) bond motifs is 2. The Labute approximate surface area is 260 Å². The number of alkyl halides is 3. The average molecular weight is 646 g/mol. The Balaban J connectivity index is 1.21. The van der Waals surface area contributed by atoms with E-state index >= 15 is 0 Å². The summed E-state index contributed by atoms with van der Waals surface area (Å²) >= 11 is 0. The molecule has 1 saturated heterocycles. The Morgan fingerprint density at radius 3 is 2.31 bits per heavy atom. The summed E-state index contributed by atoms with van der Waals surface area (Å²) in [6.45, 7) is 1.09. The van der Waals surface area contributed by atoms with E-state index < -0.39 is 27.9 Å². The minimum Gasteiger partial charge on any atom is -0.492 e. The van der Waals surface area contributed by atoms with Gasteiger partial charge < -0.3 is 18.9 Å². The molecule has 0 bridgehead atoms. The van der Waals surface area contributed by atoms with Crippen LogP contribution in [-0.2, 0) is 32.2 Å². The van der Waals surface area contributed by atoms with Crippen molar-refractivity contribution in [3.63, 3.8) is 0 Å². The molecule has 0 aromatic heterocycles. The lowest BCUT2D eigenvalue weighted by atomic mass is 9.91. The highest BCUT2D eigenvalue weighted by molar-refractivity contribution is 7.88. The quantitative estimate of drug-likeness (QED) is 0.267. The highest BCUT2D eigenvalue weighted by Gasteiger charge is 2.38. The molecule has 0 N–H and O–H groups in total. The number of methoxy groups -OCH3 is 1. The van der Waals surface area contributed by atoms with E-state index in [4.69, 9.17) is 18.9 Å². The Hall–Kier alpha value is -3.77. The van der Waals surface area contributed by atoms with Crippen molar-refractivity contribution >= 4 is 16.0 Å². The van der Waals surface area contributed by atoms with Gasteiger partial charge in [0.2, 0.25) is 10.0 Å². The fraction of sp³-hybridized carbons (Fsp3) is 0.424. The summed E-state index contributed by atoms with van der Waals surface area (Å²) in [5.74, 6) is 1.25. The largest absolute Gasteiger partial charge is 0.492 e. The molecule has 0 saturated carbocycles. The monoisotopic (exact) mass is 645 g/mol. The summed E-state index contributed by atoms with van der Waals surface area (Å²) in [7, 11) is -1.91. The van der Waals surface area contributed by atoms with Gasteiger partial charge in [-0.05, 0) is 72.2 Å². The van der Waals surface area contributed by atoms with E-state index in [-0.39, 0.29) is 30.0 Å². The van der Waals surface area contributed by atoms with Gasteiger partial charge in [0.05, 0.1) is 32.0 Å². The van der Waals surface area contributed by atoms with Crippen molar-refractivity contribution in [3.8, 4) is 28.4 Å². The fourth-order valence-electron chi connectivity index (χ4n) is 6.48. The summed E-state index contributed by atoms with van der Waals surface area (Å²) in [5.41, 5.74) is 2.08. The molecule has 0 spiro atoms. The van der Waals surface area contributed by atoms with Gasteiger partial charge in [-0.15, -0.1) is 0 Å². The van der Waals surface area contributed by atoms with Gasteiger partial charge in [0.25, 0.3) is 0 Å². The first-order chi connectivity index (χ1) is 21.4. The molecule has 8 nitrogen and oxygen atoms in total. The number of nitrogens with zero attached hydrogens (tertiary/aromatic N) is 1. The van der Waals surface area contributed by atoms with Crippen molar-refractivity contribution in [1.29, 1.82) is 0 Å². The number of hydrogen-bond donors (Lipinski definition) is 0. The molecule has 0 radical (unpaired) electrons. The number of benzene rings is 3. The zero-order valence-corrected chi connectivity index (χ0v) is 25.7. The maximum Gasteiger partial charge on any atom is 0.417 e. The Morgan fingerprint density at radius 1 is 0.956 bits per heavy atom. The lowest BCUT2D eigenvalue weighted by Gasteiger charge is -2.30. The number of esters is 1. The van der Waals surface area contributed by atoms with Crippen LogP contribution in [-0.4, -0.2) is 57.9 Å². The van der Waals surface area contributed by atoms with Crippen molar-refractivity contribution in [1.82, 2.24) is 4.31 Å². The molecule has 3 aromatic rings. The van der Waals surface area contributed by atoms with E-state index in [1.165, 1.54) is 23.7 Å². The standard InChI is InChI=1S/C33H34F3NO7S/c1-41-31(38)17-21-19-42-30-18-24(7-8-25(21)30)44-29-12-10-27-26(29)9-11-28(33(34,35)36)32(27)20-3-5-22(6-4-20)43-23-13-15-37(16-14-23)45(2,39)40/h3-9,11,18,21,23,29H,10,12-17,19H2,1-2H3. The second kappa shape index (κ2) is 12.2. The maximum absolute atomic E-state index is 14.3. The Bertz CT molecular complexity index is 1680. The van der Waals surface area contributed by atoms with Crippen LogP contribution in [0.2, 0.25) is 0 Å². The van der Waals surface area contributed by atoms with Crippen LogP contribution in [0.25, 0.3) is 11.1 Å². The first-order valence-corrected chi connectivity index (χ1v) is 16.7. The van der Waals surface area contributed by atoms with Gasteiger partial charge in [-0.3, -0.25) is 4.79 Å². The molecule has 240 valence electrons. The number of hydrogen-bond acceptors (Lipinski definition) is 7. The summed E-state index contributed by atoms with van der Waals surface area (Å²) in [6.07, 6.45) is -1.78. The van der Waals surface area contributed by atoms with E-state index in [0.29, 0.717) is 79.3 Å². The third-order valence-electron chi connectivity index (χ3n) is 8.76. The zero-order valence-electron chi connectivity index (χ0n) is 24.9. The molecular weight excluding hydrogens is 611 g/mol. The molecule has 45 heavy (non-hydrogen) atoms. The SMILES string of the molecule is COC(=O)CC1COc2cc(OC3CCc4c3ccc(C(F)(F)F)c4-c3ccc(OC4CCN(S(C)(=O)=O)CC4)cc3)ccc21. The summed E-state index contributed by atoms with van der Waals surface area (Å²) in [5, 5.41) is 0. The van der Waals surface area contributed by atoms with Crippen LogP contribution in [0.3, 0.4) is 0 Å². The minimum atomic E-state index is -4.55. The molecule has 2 unspecified atom stereocenters. The molecule has 3 aromatic carbocycles. The predicted octanol–water partition coefficient (Wildman–Crippen LogP) is 6.28. The molecule has 0 amide bonds. The fourth-order valence-corrected chi connectivity index (χ4v) is 7.35. The van der Waals surface area contributed by atoms with Crippen molar-refractivity contribution < 1.29 is 45.3 Å². The maximum atomic E-state index is 14.3. The molecule has 2 heterocycles. The molecule has 1 aliphatic carbocycles. The van der Waals surface area contributed by atoms with Gasteiger partial charge >= 0.3 is 12.1 Å². The predicted molar refractivity (Wildman–Crippen MR) is 160 cm³/mol. The highest BCUT2D eigenvalue weighted by Crippen LogP contribution is 2.47. The van der Waals surface area contributed by atoms with E-state index in [1.807, 2.05) is 6.07 Å². The van der Waals surface area contributed by atoms with Gasteiger partial charge in [-0.1, -0.05) is 24.3 Å². The smallest absolute Gasteiger partial charge is 0.417 e. The minimum absolute atomic E-state index is 0.109. The van der Waals surface area contributed by atoms with Crippen LogP contribution in [0.4, 0.5) is 13.2 Å². The van der Waals surface area contributed by atoms with E-state index in [1.54, 1.807) is 36.4 Å². The van der Waals surface area contributed by atoms with Crippen molar-refractivity contribution in [3.05, 3.63) is 76.9 Å². The average Bonchev–Trinajstić information content (AvgIpc) is 3.60. The number of halogens is 3. The number of rotatable bonds is 8. The van der Waals surface area contributed by atoms with Crippen molar-refractivity contribution in [2.75, 3.05) is 33.1 Å². The van der Waals surface area contributed by atoms with Gasteiger partial charge in [0.15, 0.2) is 0 Å². The molecule has 6 rings (SSSR count). The molecule has 1 fully saturated rings. The molecular formula is C33H34F3NO7S. The third kappa shape index (κ3) is 6.62. The lowest BCUT2D eigenvalue weighted by Crippen LogP contribution is -2.41. The summed E-state index contributed by atoms with van der Waals surface area (Å²) in [4.78, 5) is 11.7.